The van der Waals surface area contributed by atoms with Crippen LogP contribution in [0.5, 0.6) is 11.5 Å². The Kier molecular flexibility index (Phi) is 5.56. The summed E-state index contributed by atoms with van der Waals surface area (Å²) in [5, 5.41) is 8.63. The van der Waals surface area contributed by atoms with Gasteiger partial charge in [0.2, 0.25) is 0 Å². The van der Waals surface area contributed by atoms with Crippen molar-refractivity contribution in [2.45, 2.75) is 6.92 Å². The highest BCUT2D eigenvalue weighted by Gasteiger charge is 2.30. The lowest BCUT2D eigenvalue weighted by Gasteiger charge is -2.20. The number of rotatable bonds is 6. The summed E-state index contributed by atoms with van der Waals surface area (Å²) >= 11 is 0. The molecule has 0 amide bonds. The molecule has 0 aromatic heterocycles. The molecule has 2 rings (SSSR count). The maximum atomic E-state index is 13.4. The number of nitriles is 1. The standard InChI is InChI=1S/C17H15FNO3P/c1-14(17(18)12-19)13-23(20,21-15-8-4-2-5-9-15)22-16-10-6-3-7-11-16/h2-11H,13H2,1H3/b17-14-. The van der Waals surface area contributed by atoms with Gasteiger partial charge < -0.3 is 9.05 Å². The van der Waals surface area contributed by atoms with Gasteiger partial charge in [-0.25, -0.2) is 4.57 Å². The molecule has 4 nitrogen and oxygen atoms in total. The average Bonchev–Trinajstić information content (AvgIpc) is 2.55. The minimum absolute atomic E-state index is 0.0164. The number of nitrogens with zero attached hydrogens (tertiary/aromatic N) is 1. The molecule has 6 heteroatoms. The number of hydrogen-bond donors (Lipinski definition) is 0. The summed E-state index contributed by atoms with van der Waals surface area (Å²) < 4.78 is 37.4. The van der Waals surface area contributed by atoms with Gasteiger partial charge in [0.05, 0.1) is 6.16 Å². The van der Waals surface area contributed by atoms with Crippen LogP contribution in [0.1, 0.15) is 6.92 Å². The molecular weight excluding hydrogens is 316 g/mol. The normalized spacial score (nSPS) is 12.0. The molecule has 23 heavy (non-hydrogen) atoms. The van der Waals surface area contributed by atoms with Crippen molar-refractivity contribution in [1.82, 2.24) is 0 Å². The van der Waals surface area contributed by atoms with Gasteiger partial charge in [0.1, 0.15) is 17.6 Å². The van der Waals surface area contributed by atoms with Crippen molar-refractivity contribution in [2.75, 3.05) is 6.16 Å². The zero-order valence-corrected chi connectivity index (χ0v) is 13.4. The van der Waals surface area contributed by atoms with Crippen LogP contribution in [0.2, 0.25) is 0 Å². The Morgan fingerprint density at radius 1 is 1.04 bits per heavy atom. The van der Waals surface area contributed by atoms with Crippen LogP contribution in [0.15, 0.2) is 72.1 Å². The van der Waals surface area contributed by atoms with Crippen LogP contribution in [0.3, 0.4) is 0 Å². The molecule has 2 aromatic carbocycles. The molecule has 0 atom stereocenters. The molecule has 0 spiro atoms. The summed E-state index contributed by atoms with van der Waals surface area (Å²) in [5.41, 5.74) is 0.0164. The fourth-order valence-corrected chi connectivity index (χ4v) is 3.59. The summed E-state index contributed by atoms with van der Waals surface area (Å²) in [6.45, 7) is 1.38. The molecule has 0 aliphatic carbocycles. The van der Waals surface area contributed by atoms with Gasteiger partial charge in [0.25, 0.3) is 0 Å². The van der Waals surface area contributed by atoms with Gasteiger partial charge in [0, 0.05) is 0 Å². The Labute approximate surface area is 134 Å². The third-order valence-electron chi connectivity index (χ3n) is 2.88. The molecule has 0 saturated heterocycles. The van der Waals surface area contributed by atoms with Gasteiger partial charge in [-0.15, -0.1) is 0 Å². The minimum Gasteiger partial charge on any atom is -0.416 e. The molecule has 0 radical (unpaired) electrons. The predicted octanol–water partition coefficient (Wildman–Crippen LogP) is 5.10. The van der Waals surface area contributed by atoms with E-state index >= 15 is 0 Å². The molecule has 0 N–H and O–H groups in total. The van der Waals surface area contributed by atoms with Crippen molar-refractivity contribution < 1.29 is 18.0 Å². The highest BCUT2D eigenvalue weighted by Crippen LogP contribution is 2.50. The number of benzene rings is 2. The van der Waals surface area contributed by atoms with Crippen LogP contribution >= 0.6 is 7.60 Å². The second-order valence-corrected chi connectivity index (χ2v) is 6.69. The minimum atomic E-state index is -3.74. The van der Waals surface area contributed by atoms with E-state index in [1.807, 2.05) is 0 Å². The molecule has 118 valence electrons. The number of para-hydroxylation sites is 2. The fourth-order valence-electron chi connectivity index (χ4n) is 1.82. The molecular formula is C17H15FNO3P. The monoisotopic (exact) mass is 331 g/mol. The molecule has 0 fully saturated rings. The van der Waals surface area contributed by atoms with Crippen LogP contribution in [-0.2, 0) is 4.57 Å². The van der Waals surface area contributed by atoms with Gasteiger partial charge in [-0.05, 0) is 36.8 Å². The predicted molar refractivity (Wildman–Crippen MR) is 86.0 cm³/mol. The lowest BCUT2D eigenvalue weighted by molar-refractivity contribution is 0.388. The van der Waals surface area contributed by atoms with Gasteiger partial charge >= 0.3 is 7.60 Å². The second kappa shape index (κ2) is 7.62. The Morgan fingerprint density at radius 2 is 1.48 bits per heavy atom. The quantitative estimate of drug-likeness (QED) is 0.545. The average molecular weight is 331 g/mol. The van der Waals surface area contributed by atoms with Gasteiger partial charge in [-0.2, -0.15) is 9.65 Å². The Morgan fingerprint density at radius 3 is 1.87 bits per heavy atom. The van der Waals surface area contributed by atoms with Crippen molar-refractivity contribution in [3.63, 3.8) is 0 Å². The highest BCUT2D eigenvalue weighted by atomic mass is 31.2. The summed E-state index contributed by atoms with van der Waals surface area (Å²) in [7, 11) is -3.74. The first-order chi connectivity index (χ1) is 11.0. The first-order valence-corrected chi connectivity index (χ1v) is 8.59. The van der Waals surface area contributed by atoms with E-state index in [1.165, 1.54) is 13.0 Å². The van der Waals surface area contributed by atoms with E-state index in [4.69, 9.17) is 14.3 Å². The lowest BCUT2D eigenvalue weighted by atomic mass is 10.3. The first kappa shape index (κ1) is 16.8. The van der Waals surface area contributed by atoms with Crippen molar-refractivity contribution in [3.8, 4) is 17.6 Å². The Bertz CT molecular complexity index is 724. The SMILES string of the molecule is C/C(CP(=O)(Oc1ccccc1)Oc1ccccc1)=C(/F)C#N. The van der Waals surface area contributed by atoms with E-state index in [0.717, 1.165) is 0 Å². The smallest absolute Gasteiger partial charge is 0.416 e. The number of hydrogen-bond acceptors (Lipinski definition) is 4. The lowest BCUT2D eigenvalue weighted by Crippen LogP contribution is -2.07. The topological polar surface area (TPSA) is 59.3 Å². The van der Waals surface area contributed by atoms with E-state index in [2.05, 4.69) is 0 Å². The van der Waals surface area contributed by atoms with E-state index in [1.54, 1.807) is 60.7 Å². The Hall–Kier alpha value is -2.57. The first-order valence-electron chi connectivity index (χ1n) is 6.86. The summed E-state index contributed by atoms with van der Waals surface area (Å²) in [6.07, 6.45) is -0.323. The summed E-state index contributed by atoms with van der Waals surface area (Å²) in [6, 6.07) is 18.4. The molecule has 0 heterocycles. The zero-order chi connectivity index (χ0) is 16.7. The molecule has 0 saturated carbocycles. The third-order valence-corrected chi connectivity index (χ3v) is 4.72. The Balaban J connectivity index is 2.30. The van der Waals surface area contributed by atoms with E-state index < -0.39 is 13.4 Å². The molecule has 0 bridgehead atoms. The van der Waals surface area contributed by atoms with E-state index in [-0.39, 0.29) is 11.7 Å². The largest absolute Gasteiger partial charge is 0.434 e. The molecule has 0 unspecified atom stereocenters. The maximum Gasteiger partial charge on any atom is 0.434 e. The van der Waals surface area contributed by atoms with Gasteiger partial charge in [-0.1, -0.05) is 36.4 Å². The highest BCUT2D eigenvalue weighted by molar-refractivity contribution is 7.54. The van der Waals surface area contributed by atoms with E-state index in [0.29, 0.717) is 11.5 Å². The number of allylic oxidation sites excluding steroid dienone is 2. The van der Waals surface area contributed by atoms with Gasteiger partial charge in [0.15, 0.2) is 5.83 Å². The number of halogens is 1. The van der Waals surface area contributed by atoms with Crippen LogP contribution < -0.4 is 9.05 Å². The second-order valence-electron chi connectivity index (χ2n) is 4.78. The zero-order valence-electron chi connectivity index (χ0n) is 12.5. The van der Waals surface area contributed by atoms with Crippen LogP contribution in [0.25, 0.3) is 0 Å². The molecule has 0 aliphatic rings. The summed E-state index contributed by atoms with van der Waals surface area (Å²) in [5.74, 6) is -0.299. The molecule has 0 aliphatic heterocycles. The van der Waals surface area contributed by atoms with Crippen molar-refractivity contribution in [1.29, 1.82) is 5.26 Å². The molecule has 2 aromatic rings. The third kappa shape index (κ3) is 4.98. The van der Waals surface area contributed by atoms with Crippen molar-refractivity contribution >= 4 is 7.60 Å². The van der Waals surface area contributed by atoms with Crippen molar-refractivity contribution in [3.05, 3.63) is 72.1 Å². The van der Waals surface area contributed by atoms with Crippen LogP contribution in [0, 0.1) is 11.3 Å². The summed E-state index contributed by atoms with van der Waals surface area (Å²) in [4.78, 5) is 0. The van der Waals surface area contributed by atoms with Crippen molar-refractivity contribution in [2.24, 2.45) is 0 Å². The van der Waals surface area contributed by atoms with Crippen LogP contribution in [0.4, 0.5) is 4.39 Å². The van der Waals surface area contributed by atoms with E-state index in [9.17, 15) is 8.96 Å². The fraction of sp³-hybridized carbons (Fsp3) is 0.118. The maximum absolute atomic E-state index is 13.4. The van der Waals surface area contributed by atoms with Crippen LogP contribution in [-0.4, -0.2) is 6.16 Å². The van der Waals surface area contributed by atoms with Gasteiger partial charge in [-0.3, -0.25) is 0 Å².